The van der Waals surface area contributed by atoms with Crippen LogP contribution >= 0.6 is 0 Å². The van der Waals surface area contributed by atoms with Gasteiger partial charge in [0.15, 0.2) is 0 Å². The fourth-order valence-corrected chi connectivity index (χ4v) is 1.68. The average Bonchev–Trinajstić information content (AvgIpc) is 1.92. The highest BCUT2D eigenvalue weighted by Crippen LogP contribution is 2.19. The Balaban J connectivity index is 3.33. The van der Waals surface area contributed by atoms with Gasteiger partial charge in [0.05, 0.1) is 0 Å². The first-order valence-electron chi connectivity index (χ1n) is 3.53. The molecule has 0 spiro atoms. The molecule has 0 aromatic heterocycles. The Hall–Kier alpha value is -0.960. The van der Waals surface area contributed by atoms with Crippen molar-refractivity contribution in [3.8, 4) is 5.75 Å². The van der Waals surface area contributed by atoms with Crippen LogP contribution in [0.2, 0.25) is 0 Å². The number of phenols is 1. The Morgan fingerprint density at radius 3 is 2.50 bits per heavy atom. The van der Waals surface area contributed by atoms with Crippen molar-refractivity contribution >= 4 is 15.4 Å². The summed E-state index contributed by atoms with van der Waals surface area (Å²) in [5, 5.41) is 9.20. The van der Waals surface area contributed by atoms with Gasteiger partial charge in [-0.1, -0.05) is 0 Å². The Kier molecular flexibility index (Phi) is 2.15. The lowest BCUT2D eigenvalue weighted by atomic mass is 10.2. The van der Waals surface area contributed by atoms with Gasteiger partial charge in [0, 0.05) is 11.2 Å². The summed E-state index contributed by atoms with van der Waals surface area (Å²) in [5.74, 6) is 3.78. The zero-order chi connectivity index (χ0) is 9.35. The van der Waals surface area contributed by atoms with Crippen molar-refractivity contribution in [3.05, 3.63) is 23.8 Å². The number of hydrogen-bond acceptors (Lipinski definition) is 2. The maximum absolute atomic E-state index is 11.5. The van der Waals surface area contributed by atoms with Crippen LogP contribution in [0.3, 0.4) is 0 Å². The molecule has 1 rings (SSSR count). The van der Waals surface area contributed by atoms with Crippen LogP contribution in [0, 0.1) is 6.92 Å². The third kappa shape index (κ3) is 1.80. The molecule has 1 N–H and O–H groups in total. The number of phenolic OH excluding ortho intramolecular Hbond substituents is 1. The molecule has 0 bridgehead atoms. The number of rotatable bonds is 1. The van der Waals surface area contributed by atoms with Crippen LogP contribution in [-0.4, -0.2) is 21.4 Å². The van der Waals surface area contributed by atoms with Crippen molar-refractivity contribution in [2.75, 3.05) is 6.26 Å². The molecule has 3 heteroatoms. The van der Waals surface area contributed by atoms with Crippen molar-refractivity contribution in [3.63, 3.8) is 0 Å². The predicted molar refractivity (Wildman–Crippen MR) is 52.3 cm³/mol. The van der Waals surface area contributed by atoms with Crippen molar-refractivity contribution in [2.24, 2.45) is 0 Å². The van der Waals surface area contributed by atoms with E-state index in [0.29, 0.717) is 4.90 Å². The molecule has 1 unspecified atom stereocenters. The molecule has 2 nitrogen and oxygen atoms in total. The van der Waals surface area contributed by atoms with Gasteiger partial charge in [-0.2, -0.15) is 0 Å². The normalized spacial score (nSPS) is 15.5. The lowest BCUT2D eigenvalue weighted by Gasteiger charge is -2.04. The SMILES string of the molecule is C=S(C)(=O)c1ccc(O)c(C)c1. The Morgan fingerprint density at radius 2 is 2.08 bits per heavy atom. The molecule has 0 saturated carbocycles. The molecular weight excluding hydrogens is 172 g/mol. The highest BCUT2D eigenvalue weighted by atomic mass is 32.2. The number of aryl methyl sites for hydroxylation is 1. The molecule has 0 saturated heterocycles. The van der Waals surface area contributed by atoms with E-state index in [1.54, 1.807) is 31.4 Å². The summed E-state index contributed by atoms with van der Waals surface area (Å²) in [6, 6.07) is 4.88. The fraction of sp³-hybridized carbons (Fsp3) is 0.222. The van der Waals surface area contributed by atoms with E-state index >= 15 is 0 Å². The summed E-state index contributed by atoms with van der Waals surface area (Å²) >= 11 is 0. The minimum Gasteiger partial charge on any atom is -0.508 e. The highest BCUT2D eigenvalue weighted by Gasteiger charge is 2.02. The molecule has 1 aromatic rings. The van der Waals surface area contributed by atoms with E-state index in [9.17, 15) is 9.32 Å². The van der Waals surface area contributed by atoms with Gasteiger partial charge in [-0.15, -0.1) is 0 Å². The second kappa shape index (κ2) is 2.83. The van der Waals surface area contributed by atoms with Gasteiger partial charge in [-0.3, -0.25) is 4.21 Å². The standard InChI is InChI=1S/C9H12O2S/c1-7-6-8(12(2,3)11)4-5-9(7)10/h4-6,10H,2H2,1,3H3. The molecule has 66 valence electrons. The monoisotopic (exact) mass is 184 g/mol. The maximum Gasteiger partial charge on any atom is 0.118 e. The van der Waals surface area contributed by atoms with Crippen LogP contribution in [0.1, 0.15) is 5.56 Å². The van der Waals surface area contributed by atoms with E-state index in [4.69, 9.17) is 0 Å². The summed E-state index contributed by atoms with van der Waals surface area (Å²) in [4.78, 5) is 0.679. The molecule has 0 aliphatic carbocycles. The molecule has 0 aliphatic rings. The molecule has 0 fully saturated rings. The number of hydrogen-bond donors (Lipinski definition) is 1. The van der Waals surface area contributed by atoms with Crippen molar-refractivity contribution < 1.29 is 9.32 Å². The maximum atomic E-state index is 11.5. The van der Waals surface area contributed by atoms with Crippen LogP contribution in [0.5, 0.6) is 5.75 Å². The topological polar surface area (TPSA) is 37.3 Å². The minimum absolute atomic E-state index is 0.224. The summed E-state index contributed by atoms with van der Waals surface area (Å²) in [7, 11) is -2.15. The molecule has 0 radical (unpaired) electrons. The van der Waals surface area contributed by atoms with Gasteiger partial charge in [0.25, 0.3) is 0 Å². The van der Waals surface area contributed by atoms with Gasteiger partial charge in [-0.05, 0) is 46.1 Å². The number of benzene rings is 1. The van der Waals surface area contributed by atoms with Gasteiger partial charge < -0.3 is 5.11 Å². The average molecular weight is 184 g/mol. The van der Waals surface area contributed by atoms with Crippen LogP contribution < -0.4 is 0 Å². The molecule has 12 heavy (non-hydrogen) atoms. The van der Waals surface area contributed by atoms with Crippen LogP contribution in [-0.2, 0) is 9.52 Å². The molecular formula is C9H12O2S. The first-order chi connectivity index (χ1) is 5.41. The summed E-state index contributed by atoms with van der Waals surface area (Å²) in [5.41, 5.74) is 0.728. The molecule has 1 atom stereocenters. The summed E-state index contributed by atoms with van der Waals surface area (Å²) < 4.78 is 11.5. The lowest BCUT2D eigenvalue weighted by Crippen LogP contribution is -1.96. The Labute approximate surface area is 72.9 Å². The van der Waals surface area contributed by atoms with Gasteiger partial charge in [0.1, 0.15) is 5.75 Å². The minimum atomic E-state index is -2.15. The number of aromatic hydroxyl groups is 1. The van der Waals surface area contributed by atoms with E-state index in [2.05, 4.69) is 5.87 Å². The lowest BCUT2D eigenvalue weighted by molar-refractivity contribution is 0.470. The van der Waals surface area contributed by atoms with E-state index in [0.717, 1.165) is 5.56 Å². The molecule has 0 amide bonds. The third-order valence-electron chi connectivity index (χ3n) is 1.67. The highest BCUT2D eigenvalue weighted by molar-refractivity contribution is 7.99. The smallest absolute Gasteiger partial charge is 0.118 e. The molecule has 0 aliphatic heterocycles. The first kappa shape index (κ1) is 9.13. The second-order valence-corrected chi connectivity index (χ2v) is 5.43. The Bertz CT molecular complexity index is 391. The van der Waals surface area contributed by atoms with E-state index in [1.165, 1.54) is 0 Å². The third-order valence-corrected chi connectivity index (χ3v) is 2.92. The first-order valence-corrected chi connectivity index (χ1v) is 5.66. The van der Waals surface area contributed by atoms with Crippen molar-refractivity contribution in [1.29, 1.82) is 0 Å². The van der Waals surface area contributed by atoms with E-state index < -0.39 is 9.52 Å². The predicted octanol–water partition coefficient (Wildman–Crippen LogP) is 1.41. The quantitative estimate of drug-likeness (QED) is 0.670. The zero-order valence-electron chi connectivity index (χ0n) is 7.20. The summed E-state index contributed by atoms with van der Waals surface area (Å²) in [6.07, 6.45) is 1.58. The van der Waals surface area contributed by atoms with Gasteiger partial charge >= 0.3 is 0 Å². The molecule has 1 aromatic carbocycles. The fourth-order valence-electron chi connectivity index (χ4n) is 0.897. The van der Waals surface area contributed by atoms with Crippen LogP contribution in [0.25, 0.3) is 0 Å². The van der Waals surface area contributed by atoms with Gasteiger partial charge in [-0.25, -0.2) is 0 Å². The van der Waals surface area contributed by atoms with E-state index in [-0.39, 0.29) is 5.75 Å². The van der Waals surface area contributed by atoms with Crippen molar-refractivity contribution in [1.82, 2.24) is 0 Å². The van der Waals surface area contributed by atoms with Crippen molar-refractivity contribution in [2.45, 2.75) is 11.8 Å². The van der Waals surface area contributed by atoms with Crippen LogP contribution in [0.15, 0.2) is 23.1 Å². The van der Waals surface area contributed by atoms with E-state index in [1.807, 2.05) is 0 Å². The van der Waals surface area contributed by atoms with Crippen LogP contribution in [0.4, 0.5) is 0 Å². The largest absolute Gasteiger partial charge is 0.508 e. The Morgan fingerprint density at radius 1 is 1.50 bits per heavy atom. The molecule has 0 heterocycles. The summed E-state index contributed by atoms with van der Waals surface area (Å²) in [6.45, 7) is 1.77. The van der Waals surface area contributed by atoms with Gasteiger partial charge in [0.2, 0.25) is 0 Å². The second-order valence-electron chi connectivity index (χ2n) is 2.95. The zero-order valence-corrected chi connectivity index (χ0v) is 8.02.